The highest BCUT2D eigenvalue weighted by molar-refractivity contribution is 4.40. The van der Waals surface area contributed by atoms with Gasteiger partial charge in [0.2, 0.25) is 0 Å². The molecule has 4 heteroatoms. The smallest absolute Gasteiger partial charge is 0.0617 e. The molecule has 0 aliphatic heterocycles. The number of nitrogens with one attached hydrogen (secondary N) is 1. The van der Waals surface area contributed by atoms with Crippen LogP contribution in [0.2, 0.25) is 0 Å². The highest BCUT2D eigenvalue weighted by Gasteiger charge is 1.78. The van der Waals surface area contributed by atoms with E-state index in [1.807, 2.05) is 0 Å². The molecule has 0 saturated carbocycles. The first-order valence-corrected chi connectivity index (χ1v) is 2.50. The van der Waals surface area contributed by atoms with Gasteiger partial charge in [-0.1, -0.05) is 0 Å². The van der Waals surface area contributed by atoms with Crippen LogP contribution in [-0.4, -0.2) is 20.1 Å². The molecule has 0 amide bonds. The van der Waals surface area contributed by atoms with Crippen molar-refractivity contribution in [1.82, 2.24) is 0 Å². The fraction of sp³-hybridized carbons (Fsp3) is 1.00. The van der Waals surface area contributed by atoms with E-state index in [1.165, 1.54) is 0 Å². The maximum absolute atomic E-state index is 6.39. The van der Waals surface area contributed by atoms with E-state index in [0.717, 1.165) is 6.42 Å². The van der Waals surface area contributed by atoms with Gasteiger partial charge in [0, 0.05) is 7.05 Å². The molecule has 1 N–H and O–H groups in total. The van der Waals surface area contributed by atoms with Gasteiger partial charge in [-0.2, -0.15) is 15.3 Å². The molecular weight excluding hydrogens is 104 g/mol. The molecule has 0 aromatic heterocycles. The summed E-state index contributed by atoms with van der Waals surface area (Å²) in [6.07, 6.45) is 0.834. The molecule has 0 aliphatic carbocycles. The number of nitrogens with zero attached hydrogens (tertiary/aromatic N) is 3. The van der Waals surface area contributed by atoms with Crippen LogP contribution in [0.4, 0.5) is 0 Å². The first-order chi connectivity index (χ1) is 3.91. The summed E-state index contributed by atoms with van der Waals surface area (Å²) < 4.78 is 0. The minimum Gasteiger partial charge on any atom is -0.210 e. The lowest BCUT2D eigenvalue weighted by molar-refractivity contribution is 0.766. The number of hydrogen-bond acceptors (Lipinski definition) is 4. The van der Waals surface area contributed by atoms with Crippen molar-refractivity contribution in [2.75, 3.05) is 20.1 Å². The Bertz CT molecular complexity index is 78.1. The Hall–Kier alpha value is -0.800. The molecule has 0 fully saturated rings. The monoisotopic (exact) mass is 114 g/mol. The summed E-state index contributed by atoms with van der Waals surface area (Å²) in [7, 11) is 1.64. The van der Waals surface area contributed by atoms with Crippen LogP contribution in [0.5, 0.6) is 0 Å². The zero-order valence-electron chi connectivity index (χ0n) is 4.96. The second-order valence-corrected chi connectivity index (χ2v) is 1.30. The van der Waals surface area contributed by atoms with Gasteiger partial charge in [0.1, 0.15) is 0 Å². The van der Waals surface area contributed by atoms with E-state index >= 15 is 0 Å². The van der Waals surface area contributed by atoms with Crippen LogP contribution >= 0.6 is 0 Å². The Morgan fingerprint density at radius 2 is 2.12 bits per heavy atom. The first kappa shape index (κ1) is 7.20. The Morgan fingerprint density at radius 3 is 2.62 bits per heavy atom. The van der Waals surface area contributed by atoms with E-state index in [1.54, 1.807) is 7.05 Å². The zero-order valence-corrected chi connectivity index (χ0v) is 4.96. The quantitative estimate of drug-likeness (QED) is 0.425. The molecular formula is C4H10N4. The van der Waals surface area contributed by atoms with Gasteiger partial charge in [-0.3, -0.25) is 0 Å². The Kier molecular flexibility index (Phi) is 5.58. The third kappa shape index (κ3) is 5.20. The van der Waals surface area contributed by atoms with Gasteiger partial charge in [0.05, 0.1) is 13.1 Å². The van der Waals surface area contributed by atoms with E-state index in [0.29, 0.717) is 13.1 Å². The van der Waals surface area contributed by atoms with Crippen LogP contribution < -0.4 is 0 Å². The van der Waals surface area contributed by atoms with Gasteiger partial charge < -0.3 is 0 Å². The summed E-state index contributed by atoms with van der Waals surface area (Å²) in [6, 6.07) is 0. The molecule has 46 valence electrons. The van der Waals surface area contributed by atoms with Gasteiger partial charge in [-0.15, -0.1) is 0 Å². The van der Waals surface area contributed by atoms with E-state index in [9.17, 15) is 0 Å². The molecule has 0 spiro atoms. The van der Waals surface area contributed by atoms with Gasteiger partial charge in [-0.05, 0) is 6.42 Å². The third-order valence-corrected chi connectivity index (χ3v) is 0.669. The van der Waals surface area contributed by atoms with Crippen LogP contribution in [0.3, 0.4) is 0 Å². The second kappa shape index (κ2) is 6.20. The first-order valence-electron chi connectivity index (χ1n) is 2.50. The van der Waals surface area contributed by atoms with Crippen LogP contribution in [0.1, 0.15) is 6.42 Å². The topological polar surface area (TPSA) is 60.9 Å². The minimum atomic E-state index is 0.568. The Labute approximate surface area is 48.5 Å². The lowest BCUT2D eigenvalue weighted by Crippen LogP contribution is -1.82. The second-order valence-electron chi connectivity index (χ2n) is 1.30. The van der Waals surface area contributed by atoms with E-state index in [4.69, 9.17) is 5.53 Å². The number of hydrogen-bond donors (Lipinski definition) is 1. The van der Waals surface area contributed by atoms with Crippen LogP contribution in [0, 0.1) is 5.53 Å². The summed E-state index contributed by atoms with van der Waals surface area (Å²) >= 11 is 0. The van der Waals surface area contributed by atoms with Gasteiger partial charge in [-0.25, -0.2) is 5.53 Å². The molecule has 0 rings (SSSR count). The SMILES string of the molecule is C/N=N\CCCN=N. The minimum absolute atomic E-state index is 0.568. The fourth-order valence-corrected chi connectivity index (χ4v) is 0.320. The molecule has 0 radical (unpaired) electrons. The highest BCUT2D eigenvalue weighted by Crippen LogP contribution is 1.81. The predicted octanol–water partition coefficient (Wildman–Crippen LogP) is 1.49. The van der Waals surface area contributed by atoms with Gasteiger partial charge in [0.25, 0.3) is 0 Å². The van der Waals surface area contributed by atoms with Crippen molar-refractivity contribution in [3.8, 4) is 0 Å². The molecule has 0 aromatic rings. The van der Waals surface area contributed by atoms with Crippen molar-refractivity contribution >= 4 is 0 Å². The highest BCUT2D eigenvalue weighted by atomic mass is 15.1. The molecule has 0 aliphatic rings. The Morgan fingerprint density at radius 1 is 1.38 bits per heavy atom. The van der Waals surface area contributed by atoms with E-state index < -0.39 is 0 Å². The third-order valence-electron chi connectivity index (χ3n) is 0.669. The molecule has 0 unspecified atom stereocenters. The van der Waals surface area contributed by atoms with Crippen molar-refractivity contribution in [3.05, 3.63) is 0 Å². The lowest BCUT2D eigenvalue weighted by Gasteiger charge is -1.83. The average molecular weight is 114 g/mol. The maximum Gasteiger partial charge on any atom is 0.0617 e. The van der Waals surface area contributed by atoms with Gasteiger partial charge >= 0.3 is 0 Å². The maximum atomic E-state index is 6.39. The number of rotatable bonds is 4. The standard InChI is InChI=1S/C4H10N4/c1-6-8-4-2-3-7-5/h5H,2-4H2,1H3/b7-5?,8-6-. The van der Waals surface area contributed by atoms with Crippen LogP contribution in [-0.2, 0) is 0 Å². The van der Waals surface area contributed by atoms with Crippen LogP contribution in [0.15, 0.2) is 15.3 Å². The molecule has 0 saturated heterocycles. The molecule has 8 heavy (non-hydrogen) atoms. The van der Waals surface area contributed by atoms with E-state index in [-0.39, 0.29) is 0 Å². The lowest BCUT2D eigenvalue weighted by atomic mass is 10.4. The summed E-state index contributed by atoms with van der Waals surface area (Å²) in [4.78, 5) is 0. The van der Waals surface area contributed by atoms with Crippen molar-refractivity contribution in [2.45, 2.75) is 6.42 Å². The molecule has 0 atom stereocenters. The van der Waals surface area contributed by atoms with Crippen molar-refractivity contribution in [1.29, 1.82) is 5.53 Å². The summed E-state index contributed by atoms with van der Waals surface area (Å²) in [5, 5.41) is 10.4. The summed E-state index contributed by atoms with van der Waals surface area (Å²) in [5.41, 5.74) is 6.39. The van der Waals surface area contributed by atoms with E-state index in [2.05, 4.69) is 15.3 Å². The number of azo groups is 1. The zero-order chi connectivity index (χ0) is 6.24. The fourth-order valence-electron chi connectivity index (χ4n) is 0.320. The summed E-state index contributed by atoms with van der Waals surface area (Å²) in [6.45, 7) is 1.26. The average Bonchev–Trinajstić information content (AvgIpc) is 1.81. The van der Waals surface area contributed by atoms with Crippen molar-refractivity contribution in [3.63, 3.8) is 0 Å². The van der Waals surface area contributed by atoms with Crippen molar-refractivity contribution in [2.24, 2.45) is 15.3 Å². The van der Waals surface area contributed by atoms with Crippen LogP contribution in [0.25, 0.3) is 0 Å². The Balaban J connectivity index is 2.82. The molecule has 0 aromatic carbocycles. The van der Waals surface area contributed by atoms with Gasteiger partial charge in [0.15, 0.2) is 0 Å². The normalized spacial score (nSPS) is 10.1. The summed E-state index contributed by atoms with van der Waals surface area (Å²) in [5.74, 6) is 0. The molecule has 0 bridgehead atoms. The largest absolute Gasteiger partial charge is 0.210 e. The molecule has 4 nitrogen and oxygen atoms in total. The molecule has 0 heterocycles. The predicted molar refractivity (Wildman–Crippen MR) is 30.3 cm³/mol. The van der Waals surface area contributed by atoms with Crippen molar-refractivity contribution < 1.29 is 0 Å².